The summed E-state index contributed by atoms with van der Waals surface area (Å²) in [4.78, 5) is 25.2. The number of carbonyl (C=O) groups is 2. The molecule has 0 bridgehead atoms. The molecule has 40 heavy (non-hydrogen) atoms. The maximum atomic E-state index is 13.0. The third kappa shape index (κ3) is 7.27. The van der Waals surface area contributed by atoms with Gasteiger partial charge in [0.25, 0.3) is 5.91 Å². The largest absolute Gasteiger partial charge is 0.468 e. The van der Waals surface area contributed by atoms with Crippen LogP contribution < -0.4 is 16.0 Å². The number of hydrogen-bond acceptors (Lipinski definition) is 5. The van der Waals surface area contributed by atoms with Crippen molar-refractivity contribution < 1.29 is 27.5 Å². The molecule has 0 aliphatic carbocycles. The zero-order chi connectivity index (χ0) is 28.5. The Balaban J connectivity index is 1.34. The second-order valence-corrected chi connectivity index (χ2v) is 8.90. The Morgan fingerprint density at radius 3 is 2.05 bits per heavy atom. The molecule has 1 amide bonds. The van der Waals surface area contributed by atoms with Gasteiger partial charge in [-0.15, -0.1) is 0 Å². The minimum absolute atomic E-state index is 0.342. The molecule has 4 aromatic rings. The molecule has 1 atom stereocenters. The number of alkyl halides is 3. The number of ether oxygens (including phenoxy) is 1. The average molecular weight is 548 g/mol. The highest BCUT2D eigenvalue weighted by molar-refractivity contribution is 6.08. The van der Waals surface area contributed by atoms with Crippen LogP contribution in [0.2, 0.25) is 0 Å². The summed E-state index contributed by atoms with van der Waals surface area (Å²) in [5.74, 6) is -0.749. The van der Waals surface area contributed by atoms with Gasteiger partial charge in [0, 0.05) is 30.0 Å². The van der Waals surface area contributed by atoms with Crippen molar-refractivity contribution >= 4 is 23.3 Å². The van der Waals surface area contributed by atoms with Crippen LogP contribution in [0, 0.1) is 0 Å². The lowest BCUT2D eigenvalue weighted by Gasteiger charge is -2.17. The Labute approximate surface area is 230 Å². The van der Waals surface area contributed by atoms with Crippen LogP contribution in [0.15, 0.2) is 103 Å². The number of methoxy groups -OCH3 is 1. The van der Waals surface area contributed by atoms with E-state index >= 15 is 0 Å². The highest BCUT2D eigenvalue weighted by atomic mass is 19.4. The average Bonchev–Trinajstić information content (AvgIpc) is 2.97. The molecule has 4 aromatic carbocycles. The summed E-state index contributed by atoms with van der Waals surface area (Å²) < 4.78 is 43.7. The molecule has 0 aliphatic rings. The van der Waals surface area contributed by atoms with Crippen LogP contribution >= 0.6 is 0 Å². The standard InChI is InChI=1S/C31H28F3N3O3/c1-40-30(39)28(22-7-3-2-4-8-22)36-20-19-35-24-15-17-25(18-16-24)37-29(38)27-10-6-5-9-26(27)21-11-13-23(14-12-21)31(32,33)34/h2-18,28,35-36H,19-20H2,1H3,(H,37,38). The second-order valence-electron chi connectivity index (χ2n) is 8.90. The fourth-order valence-corrected chi connectivity index (χ4v) is 4.17. The van der Waals surface area contributed by atoms with E-state index in [0.717, 1.165) is 23.4 Å². The maximum Gasteiger partial charge on any atom is 0.416 e. The van der Waals surface area contributed by atoms with Gasteiger partial charge in [-0.2, -0.15) is 13.2 Å². The Hall–Kier alpha value is -4.63. The van der Waals surface area contributed by atoms with Gasteiger partial charge in [0.15, 0.2) is 0 Å². The third-order valence-electron chi connectivity index (χ3n) is 6.21. The Morgan fingerprint density at radius 1 is 0.775 bits per heavy atom. The zero-order valence-electron chi connectivity index (χ0n) is 21.7. The van der Waals surface area contributed by atoms with Gasteiger partial charge in [0.05, 0.1) is 12.7 Å². The van der Waals surface area contributed by atoms with Gasteiger partial charge >= 0.3 is 12.1 Å². The number of benzene rings is 4. The van der Waals surface area contributed by atoms with Crippen molar-refractivity contribution in [3.8, 4) is 11.1 Å². The molecule has 206 valence electrons. The molecule has 0 spiro atoms. The van der Waals surface area contributed by atoms with Gasteiger partial charge in [-0.3, -0.25) is 10.1 Å². The number of hydrogen-bond donors (Lipinski definition) is 3. The molecular weight excluding hydrogens is 519 g/mol. The first-order valence-electron chi connectivity index (χ1n) is 12.5. The first-order chi connectivity index (χ1) is 19.3. The van der Waals surface area contributed by atoms with E-state index < -0.39 is 17.8 Å². The summed E-state index contributed by atoms with van der Waals surface area (Å²) in [5.41, 5.74) is 2.82. The highest BCUT2D eigenvalue weighted by Gasteiger charge is 2.30. The molecule has 0 saturated carbocycles. The molecule has 9 heteroatoms. The van der Waals surface area contributed by atoms with Crippen LogP contribution in [0.4, 0.5) is 24.5 Å². The van der Waals surface area contributed by atoms with Crippen molar-refractivity contribution in [3.63, 3.8) is 0 Å². The summed E-state index contributed by atoms with van der Waals surface area (Å²) in [5, 5.41) is 9.29. The van der Waals surface area contributed by atoms with Gasteiger partial charge in [-0.1, -0.05) is 60.7 Å². The molecule has 4 rings (SSSR count). The highest BCUT2D eigenvalue weighted by Crippen LogP contribution is 2.32. The Kier molecular flexibility index (Phi) is 9.19. The second kappa shape index (κ2) is 12.9. The molecule has 0 radical (unpaired) electrons. The number of esters is 1. The fraction of sp³-hybridized carbons (Fsp3) is 0.161. The monoisotopic (exact) mass is 547 g/mol. The zero-order valence-corrected chi connectivity index (χ0v) is 21.7. The van der Waals surface area contributed by atoms with Crippen LogP contribution in [0.1, 0.15) is 27.5 Å². The molecule has 0 aliphatic heterocycles. The van der Waals surface area contributed by atoms with Crippen molar-refractivity contribution in [3.05, 3.63) is 120 Å². The normalized spacial score (nSPS) is 11.9. The van der Waals surface area contributed by atoms with Crippen LogP contribution in [0.3, 0.4) is 0 Å². The van der Waals surface area contributed by atoms with Gasteiger partial charge in [0.1, 0.15) is 6.04 Å². The Morgan fingerprint density at radius 2 is 1.40 bits per heavy atom. The third-order valence-corrected chi connectivity index (χ3v) is 6.21. The summed E-state index contributed by atoms with van der Waals surface area (Å²) in [7, 11) is 1.35. The van der Waals surface area contributed by atoms with E-state index in [9.17, 15) is 22.8 Å². The van der Waals surface area contributed by atoms with Gasteiger partial charge < -0.3 is 15.4 Å². The van der Waals surface area contributed by atoms with Gasteiger partial charge in [0.2, 0.25) is 0 Å². The number of nitrogens with one attached hydrogen (secondary N) is 3. The van der Waals surface area contributed by atoms with Gasteiger partial charge in [-0.25, -0.2) is 4.79 Å². The molecular formula is C31H28F3N3O3. The summed E-state index contributed by atoms with van der Waals surface area (Å²) >= 11 is 0. The van der Waals surface area contributed by atoms with Crippen LogP contribution in [0.25, 0.3) is 11.1 Å². The van der Waals surface area contributed by atoms with Crippen LogP contribution in [-0.4, -0.2) is 32.1 Å². The van der Waals surface area contributed by atoms with Crippen molar-refractivity contribution in [2.75, 3.05) is 30.8 Å². The van der Waals surface area contributed by atoms with E-state index in [1.54, 1.807) is 36.4 Å². The number of rotatable bonds is 10. The topological polar surface area (TPSA) is 79.5 Å². The van der Waals surface area contributed by atoms with Crippen molar-refractivity contribution in [1.29, 1.82) is 0 Å². The molecule has 1 unspecified atom stereocenters. The smallest absolute Gasteiger partial charge is 0.416 e. The number of halogens is 3. The van der Waals surface area contributed by atoms with Crippen LogP contribution in [0.5, 0.6) is 0 Å². The Bertz CT molecular complexity index is 1420. The van der Waals surface area contributed by atoms with Gasteiger partial charge in [-0.05, 0) is 59.2 Å². The quantitative estimate of drug-likeness (QED) is 0.155. The molecule has 6 nitrogen and oxygen atoms in total. The van der Waals surface area contributed by atoms with E-state index in [2.05, 4.69) is 16.0 Å². The first kappa shape index (κ1) is 28.4. The van der Waals surface area contributed by atoms with E-state index in [-0.39, 0.29) is 11.9 Å². The van der Waals surface area contributed by atoms with Crippen molar-refractivity contribution in [2.24, 2.45) is 0 Å². The van der Waals surface area contributed by atoms with Crippen molar-refractivity contribution in [1.82, 2.24) is 5.32 Å². The van der Waals surface area contributed by atoms with E-state index in [1.165, 1.54) is 19.2 Å². The number of amides is 1. The predicted molar refractivity (Wildman–Crippen MR) is 149 cm³/mol. The minimum Gasteiger partial charge on any atom is -0.468 e. The SMILES string of the molecule is COC(=O)C(NCCNc1ccc(NC(=O)c2ccccc2-c2ccc(C(F)(F)F)cc2)cc1)c1ccccc1. The molecule has 0 heterocycles. The summed E-state index contributed by atoms with van der Waals surface area (Å²) in [6, 6.07) is 27.3. The number of carbonyl (C=O) groups excluding carboxylic acids is 2. The fourth-order valence-electron chi connectivity index (χ4n) is 4.17. The molecule has 0 saturated heterocycles. The maximum absolute atomic E-state index is 13.0. The van der Waals surface area contributed by atoms with Crippen molar-refractivity contribution in [2.45, 2.75) is 12.2 Å². The van der Waals surface area contributed by atoms with E-state index in [0.29, 0.717) is 35.5 Å². The predicted octanol–water partition coefficient (Wildman–Crippen LogP) is 6.54. The summed E-state index contributed by atoms with van der Waals surface area (Å²) in [6.07, 6.45) is -4.43. The van der Waals surface area contributed by atoms with Crippen LogP contribution in [-0.2, 0) is 15.7 Å². The molecule has 0 fully saturated rings. The van der Waals surface area contributed by atoms with E-state index in [4.69, 9.17) is 4.74 Å². The lowest BCUT2D eigenvalue weighted by molar-refractivity contribution is -0.143. The minimum atomic E-state index is -4.43. The van der Waals surface area contributed by atoms with E-state index in [1.807, 2.05) is 42.5 Å². The number of anilines is 2. The first-order valence-corrected chi connectivity index (χ1v) is 12.5. The molecule has 0 aromatic heterocycles. The lowest BCUT2D eigenvalue weighted by Crippen LogP contribution is -2.33. The lowest BCUT2D eigenvalue weighted by atomic mass is 9.98. The summed E-state index contributed by atoms with van der Waals surface area (Å²) in [6.45, 7) is 1.03. The molecule has 3 N–H and O–H groups in total.